The summed E-state index contributed by atoms with van der Waals surface area (Å²) in [4.78, 5) is 19.6. The molecule has 4 rings (SSSR count). The lowest BCUT2D eigenvalue weighted by molar-refractivity contribution is -0.143. The van der Waals surface area contributed by atoms with Crippen LogP contribution in [0, 0.1) is 6.92 Å². The molecule has 1 unspecified atom stereocenters. The summed E-state index contributed by atoms with van der Waals surface area (Å²) in [6.07, 6.45) is 1.92. The maximum Gasteiger partial charge on any atom is 0.318 e. The zero-order chi connectivity index (χ0) is 17.4. The predicted octanol–water partition coefficient (Wildman–Crippen LogP) is 4.65. The lowest BCUT2D eigenvalue weighted by Crippen LogP contribution is -2.17. The van der Waals surface area contributed by atoms with E-state index >= 15 is 0 Å². The van der Waals surface area contributed by atoms with Crippen molar-refractivity contribution in [1.29, 1.82) is 0 Å². The number of esters is 1. The molecule has 0 aliphatic rings. The van der Waals surface area contributed by atoms with Gasteiger partial charge in [-0.25, -0.2) is 0 Å². The molecule has 0 saturated heterocycles. The van der Waals surface area contributed by atoms with Crippen molar-refractivity contribution >= 4 is 27.8 Å². The highest BCUT2D eigenvalue weighted by atomic mass is 16.5. The topological polar surface area (TPSA) is 57.9 Å². The van der Waals surface area contributed by atoms with Crippen LogP contribution >= 0.6 is 0 Å². The molecule has 2 heterocycles. The van der Waals surface area contributed by atoms with Crippen molar-refractivity contribution in [1.82, 2.24) is 9.97 Å². The number of carbonyl (C=O) groups excluding carboxylic acids is 1. The summed E-state index contributed by atoms with van der Waals surface area (Å²) in [6.45, 7) is 4.21. The molecule has 0 spiro atoms. The molecule has 25 heavy (non-hydrogen) atoms. The first-order valence-corrected chi connectivity index (χ1v) is 8.50. The molecule has 0 saturated carbocycles. The number of ether oxygens (including phenoxy) is 1. The van der Waals surface area contributed by atoms with Gasteiger partial charge in [-0.3, -0.25) is 4.79 Å². The summed E-state index contributed by atoms with van der Waals surface area (Å²) in [5.74, 6) is -0.688. The molecule has 0 aliphatic heterocycles. The largest absolute Gasteiger partial charge is 0.465 e. The Labute approximate surface area is 145 Å². The van der Waals surface area contributed by atoms with Crippen LogP contribution in [0.1, 0.15) is 29.7 Å². The van der Waals surface area contributed by atoms with E-state index in [2.05, 4.69) is 16.0 Å². The summed E-state index contributed by atoms with van der Waals surface area (Å²) in [6, 6.07) is 16.1. The van der Waals surface area contributed by atoms with E-state index in [0.29, 0.717) is 6.61 Å². The molecule has 0 fully saturated rings. The van der Waals surface area contributed by atoms with Crippen LogP contribution in [0.25, 0.3) is 21.8 Å². The van der Waals surface area contributed by atoms with E-state index in [4.69, 9.17) is 4.74 Å². The van der Waals surface area contributed by atoms with E-state index < -0.39 is 5.92 Å². The second-order valence-electron chi connectivity index (χ2n) is 6.18. The Bertz CT molecular complexity index is 1060. The maximum absolute atomic E-state index is 12.9. The third-order valence-corrected chi connectivity index (χ3v) is 4.69. The minimum absolute atomic E-state index is 0.222. The predicted molar refractivity (Wildman–Crippen MR) is 99.8 cm³/mol. The van der Waals surface area contributed by atoms with Crippen LogP contribution in [0.2, 0.25) is 0 Å². The van der Waals surface area contributed by atoms with Crippen LogP contribution in [0.5, 0.6) is 0 Å². The molecule has 1 atom stereocenters. The molecule has 0 bridgehead atoms. The van der Waals surface area contributed by atoms with Gasteiger partial charge in [0.05, 0.1) is 6.61 Å². The lowest BCUT2D eigenvalue weighted by atomic mass is 9.89. The number of aryl methyl sites for hydroxylation is 1. The summed E-state index contributed by atoms with van der Waals surface area (Å²) in [5.41, 5.74) is 4.97. The number of hydrogen-bond donors (Lipinski definition) is 2. The van der Waals surface area contributed by atoms with Gasteiger partial charge < -0.3 is 14.7 Å². The SMILES string of the molecule is CCOC(=O)C(c1c[nH]c2ccccc12)c1c(C)[nH]c2ccccc12. The first-order chi connectivity index (χ1) is 12.2. The van der Waals surface area contributed by atoms with Crippen molar-refractivity contribution in [2.24, 2.45) is 0 Å². The average Bonchev–Trinajstić information content (AvgIpc) is 3.18. The fourth-order valence-electron chi connectivity index (χ4n) is 3.63. The van der Waals surface area contributed by atoms with Crippen LogP contribution in [0.3, 0.4) is 0 Å². The van der Waals surface area contributed by atoms with Gasteiger partial charge in [0.1, 0.15) is 5.92 Å². The zero-order valence-electron chi connectivity index (χ0n) is 14.3. The number of nitrogens with one attached hydrogen (secondary N) is 2. The molecule has 2 aromatic carbocycles. The highest BCUT2D eigenvalue weighted by Gasteiger charge is 2.30. The molecule has 0 aliphatic carbocycles. The smallest absolute Gasteiger partial charge is 0.318 e. The van der Waals surface area contributed by atoms with Crippen molar-refractivity contribution in [3.8, 4) is 0 Å². The van der Waals surface area contributed by atoms with Crippen LogP contribution in [-0.4, -0.2) is 22.5 Å². The molecule has 4 heteroatoms. The van der Waals surface area contributed by atoms with Crippen molar-refractivity contribution in [3.63, 3.8) is 0 Å². The molecular weight excluding hydrogens is 312 g/mol. The number of benzene rings is 2. The Kier molecular flexibility index (Phi) is 3.80. The summed E-state index contributed by atoms with van der Waals surface area (Å²) in [5, 5.41) is 2.11. The van der Waals surface area contributed by atoms with Gasteiger partial charge in [0.25, 0.3) is 0 Å². The Morgan fingerprint density at radius 2 is 1.72 bits per heavy atom. The van der Waals surface area contributed by atoms with Crippen molar-refractivity contribution in [3.05, 3.63) is 71.5 Å². The standard InChI is InChI=1S/C21H20N2O2/c1-3-25-21(24)20(16-12-22-17-10-6-4-8-14(16)17)19-13(2)23-18-11-7-5-9-15(18)19/h4-12,20,22-23H,3H2,1-2H3. The summed E-state index contributed by atoms with van der Waals surface area (Å²) >= 11 is 0. The third kappa shape index (κ3) is 2.50. The van der Waals surface area contributed by atoms with Gasteiger partial charge in [-0.2, -0.15) is 0 Å². The van der Waals surface area contributed by atoms with Crippen molar-refractivity contribution < 1.29 is 9.53 Å². The van der Waals surface area contributed by atoms with Crippen LogP contribution in [-0.2, 0) is 9.53 Å². The number of rotatable bonds is 4. The van der Waals surface area contributed by atoms with Gasteiger partial charge in [-0.05, 0) is 37.1 Å². The van der Waals surface area contributed by atoms with Gasteiger partial charge in [-0.1, -0.05) is 36.4 Å². The first-order valence-electron chi connectivity index (χ1n) is 8.50. The summed E-state index contributed by atoms with van der Waals surface area (Å²) in [7, 11) is 0. The van der Waals surface area contributed by atoms with E-state index in [1.807, 2.05) is 62.5 Å². The number of H-pyrrole nitrogens is 2. The van der Waals surface area contributed by atoms with E-state index in [-0.39, 0.29) is 5.97 Å². The van der Waals surface area contributed by atoms with Gasteiger partial charge in [-0.15, -0.1) is 0 Å². The second kappa shape index (κ2) is 6.13. The second-order valence-corrected chi connectivity index (χ2v) is 6.18. The molecule has 4 aromatic rings. The maximum atomic E-state index is 12.9. The monoisotopic (exact) mass is 332 g/mol. The average molecular weight is 332 g/mol. The van der Waals surface area contributed by atoms with Gasteiger partial charge in [0.15, 0.2) is 0 Å². The minimum Gasteiger partial charge on any atom is -0.465 e. The number of fused-ring (bicyclic) bond motifs is 2. The Hall–Kier alpha value is -3.01. The lowest BCUT2D eigenvalue weighted by Gasteiger charge is -2.16. The number of aromatic nitrogens is 2. The van der Waals surface area contributed by atoms with Crippen LogP contribution in [0.15, 0.2) is 54.7 Å². The molecule has 0 amide bonds. The van der Waals surface area contributed by atoms with Crippen LogP contribution < -0.4 is 0 Å². The first kappa shape index (κ1) is 15.5. The van der Waals surface area contributed by atoms with Gasteiger partial charge in [0.2, 0.25) is 0 Å². The quantitative estimate of drug-likeness (QED) is 0.534. The van der Waals surface area contributed by atoms with E-state index in [0.717, 1.165) is 38.6 Å². The fourth-order valence-corrected chi connectivity index (χ4v) is 3.63. The molecule has 2 aromatic heterocycles. The van der Waals surface area contributed by atoms with Crippen molar-refractivity contribution in [2.75, 3.05) is 6.61 Å². The van der Waals surface area contributed by atoms with Gasteiger partial charge in [0, 0.05) is 33.7 Å². The number of hydrogen-bond acceptors (Lipinski definition) is 2. The molecule has 0 radical (unpaired) electrons. The van der Waals surface area contributed by atoms with Crippen molar-refractivity contribution in [2.45, 2.75) is 19.8 Å². The Balaban J connectivity index is 1.98. The normalized spacial score (nSPS) is 12.6. The minimum atomic E-state index is -0.466. The Morgan fingerprint density at radius 3 is 2.48 bits per heavy atom. The number of aromatic amines is 2. The number of carbonyl (C=O) groups is 1. The van der Waals surface area contributed by atoms with E-state index in [1.54, 1.807) is 0 Å². The fraction of sp³-hybridized carbons (Fsp3) is 0.190. The highest BCUT2D eigenvalue weighted by Crippen LogP contribution is 2.37. The van der Waals surface area contributed by atoms with E-state index in [1.165, 1.54) is 0 Å². The van der Waals surface area contributed by atoms with Gasteiger partial charge >= 0.3 is 5.97 Å². The Morgan fingerprint density at radius 1 is 1.04 bits per heavy atom. The van der Waals surface area contributed by atoms with Crippen LogP contribution in [0.4, 0.5) is 0 Å². The number of para-hydroxylation sites is 2. The molecule has 2 N–H and O–H groups in total. The molecule has 126 valence electrons. The third-order valence-electron chi connectivity index (χ3n) is 4.69. The molecular formula is C21H20N2O2. The zero-order valence-corrected chi connectivity index (χ0v) is 14.3. The molecule has 4 nitrogen and oxygen atoms in total. The van der Waals surface area contributed by atoms with E-state index in [9.17, 15) is 4.79 Å². The summed E-state index contributed by atoms with van der Waals surface area (Å²) < 4.78 is 5.44. The highest BCUT2D eigenvalue weighted by molar-refractivity contribution is 5.97.